The first-order valence-corrected chi connectivity index (χ1v) is 6.06. The van der Waals surface area contributed by atoms with Crippen LogP contribution < -0.4 is 5.32 Å². The van der Waals surface area contributed by atoms with Crippen molar-refractivity contribution in [3.63, 3.8) is 0 Å². The molecule has 1 aromatic carbocycles. The highest BCUT2D eigenvalue weighted by Crippen LogP contribution is 2.20. The van der Waals surface area contributed by atoms with Gasteiger partial charge in [-0.3, -0.25) is 4.79 Å². The van der Waals surface area contributed by atoms with Crippen LogP contribution in [0, 0.1) is 6.92 Å². The van der Waals surface area contributed by atoms with Crippen LogP contribution in [0.3, 0.4) is 0 Å². The molecule has 2 aromatic rings. The van der Waals surface area contributed by atoms with E-state index in [1.807, 2.05) is 38.1 Å². The third kappa shape index (κ3) is 2.57. The van der Waals surface area contributed by atoms with Gasteiger partial charge in [0.2, 0.25) is 5.22 Å². The molecule has 0 aliphatic carbocycles. The van der Waals surface area contributed by atoms with Crippen molar-refractivity contribution >= 4 is 17.5 Å². The number of aryl methyl sites for hydroxylation is 1. The number of carbonyl (C=O) groups excluding carboxylic acids is 1. The molecule has 0 aliphatic heterocycles. The van der Waals surface area contributed by atoms with Crippen molar-refractivity contribution in [1.82, 2.24) is 5.32 Å². The maximum absolute atomic E-state index is 12.0. The number of nitrogens with one attached hydrogen (secondary N) is 1. The van der Waals surface area contributed by atoms with Crippen molar-refractivity contribution in [1.29, 1.82) is 0 Å². The normalized spacial score (nSPS) is 12.2. The first-order chi connectivity index (χ1) is 8.59. The van der Waals surface area contributed by atoms with Crippen molar-refractivity contribution in [3.8, 4) is 0 Å². The Morgan fingerprint density at radius 1 is 1.33 bits per heavy atom. The lowest BCUT2D eigenvalue weighted by atomic mass is 10.0. The summed E-state index contributed by atoms with van der Waals surface area (Å²) in [7, 11) is 0. The zero-order valence-corrected chi connectivity index (χ0v) is 11.0. The van der Waals surface area contributed by atoms with Crippen LogP contribution in [0.25, 0.3) is 0 Å². The molecule has 1 atom stereocenters. The molecule has 2 rings (SSSR count). The monoisotopic (exact) mass is 263 g/mol. The molecule has 0 saturated carbocycles. The van der Waals surface area contributed by atoms with E-state index in [0.29, 0.717) is 5.56 Å². The van der Waals surface area contributed by atoms with Crippen LogP contribution >= 0.6 is 11.6 Å². The average Bonchev–Trinajstić information content (AvgIpc) is 2.76. The fraction of sp³-hybridized carbons (Fsp3) is 0.214. The number of rotatable bonds is 3. The van der Waals surface area contributed by atoms with E-state index in [1.165, 1.54) is 6.26 Å². The Morgan fingerprint density at radius 3 is 2.67 bits per heavy atom. The van der Waals surface area contributed by atoms with Crippen LogP contribution in [-0.4, -0.2) is 5.91 Å². The van der Waals surface area contributed by atoms with Crippen LogP contribution in [0.1, 0.15) is 34.5 Å². The quantitative estimate of drug-likeness (QED) is 0.917. The highest BCUT2D eigenvalue weighted by atomic mass is 35.5. The Kier molecular flexibility index (Phi) is 3.72. The predicted octanol–water partition coefficient (Wildman–Crippen LogP) is 3.73. The lowest BCUT2D eigenvalue weighted by molar-refractivity contribution is 0.0939. The minimum atomic E-state index is -0.232. The molecule has 0 saturated heterocycles. The van der Waals surface area contributed by atoms with Crippen LogP contribution in [-0.2, 0) is 0 Å². The van der Waals surface area contributed by atoms with E-state index in [9.17, 15) is 4.79 Å². The van der Waals surface area contributed by atoms with Gasteiger partial charge in [0.25, 0.3) is 5.91 Å². The van der Waals surface area contributed by atoms with E-state index >= 15 is 0 Å². The molecule has 0 radical (unpaired) electrons. The number of halogens is 1. The summed E-state index contributed by atoms with van der Waals surface area (Å²) >= 11 is 5.77. The molecule has 4 heteroatoms. The zero-order chi connectivity index (χ0) is 13.1. The lowest BCUT2D eigenvalue weighted by Gasteiger charge is -2.16. The maximum atomic E-state index is 12.0. The van der Waals surface area contributed by atoms with E-state index in [4.69, 9.17) is 16.0 Å². The van der Waals surface area contributed by atoms with Crippen molar-refractivity contribution in [2.75, 3.05) is 0 Å². The smallest absolute Gasteiger partial charge is 0.256 e. The van der Waals surface area contributed by atoms with Gasteiger partial charge in [-0.2, -0.15) is 0 Å². The Morgan fingerprint density at radius 2 is 2.06 bits per heavy atom. The van der Waals surface area contributed by atoms with Gasteiger partial charge in [-0.25, -0.2) is 0 Å². The topological polar surface area (TPSA) is 42.2 Å². The van der Waals surface area contributed by atoms with Gasteiger partial charge in [-0.05, 0) is 42.6 Å². The molecule has 1 amide bonds. The van der Waals surface area contributed by atoms with E-state index in [1.54, 1.807) is 6.07 Å². The van der Waals surface area contributed by atoms with Gasteiger partial charge >= 0.3 is 0 Å². The summed E-state index contributed by atoms with van der Waals surface area (Å²) in [4.78, 5) is 12.0. The first kappa shape index (κ1) is 12.7. The second-order valence-electron chi connectivity index (χ2n) is 4.16. The third-order valence-corrected chi connectivity index (χ3v) is 3.16. The molecular weight excluding hydrogens is 250 g/mol. The van der Waals surface area contributed by atoms with E-state index in [2.05, 4.69) is 5.32 Å². The third-order valence-electron chi connectivity index (χ3n) is 2.87. The summed E-state index contributed by atoms with van der Waals surface area (Å²) in [6.07, 6.45) is 1.40. The van der Waals surface area contributed by atoms with E-state index in [-0.39, 0.29) is 17.2 Å². The molecule has 0 bridgehead atoms. The number of benzene rings is 1. The predicted molar refractivity (Wildman–Crippen MR) is 70.8 cm³/mol. The second-order valence-corrected chi connectivity index (χ2v) is 4.50. The van der Waals surface area contributed by atoms with Gasteiger partial charge in [0.05, 0.1) is 17.9 Å². The molecule has 94 valence electrons. The van der Waals surface area contributed by atoms with Gasteiger partial charge in [0.1, 0.15) is 0 Å². The molecule has 3 nitrogen and oxygen atoms in total. The number of amides is 1. The first-order valence-electron chi connectivity index (χ1n) is 5.69. The van der Waals surface area contributed by atoms with Crippen LogP contribution in [0.2, 0.25) is 5.22 Å². The Bertz CT molecular complexity index is 562. The summed E-state index contributed by atoms with van der Waals surface area (Å²) < 4.78 is 4.90. The summed E-state index contributed by atoms with van der Waals surface area (Å²) in [5, 5.41) is 3.01. The SMILES string of the molecule is Cc1ccccc1C(C)NC(=O)c1ccoc1Cl. The van der Waals surface area contributed by atoms with Crippen molar-refractivity contribution in [3.05, 3.63) is 58.5 Å². The number of hydrogen-bond donors (Lipinski definition) is 1. The minimum absolute atomic E-state index is 0.0790. The molecular formula is C14H14ClNO2. The Labute approximate surface area is 111 Å². The maximum Gasteiger partial charge on any atom is 0.256 e. The van der Waals surface area contributed by atoms with E-state index < -0.39 is 0 Å². The fourth-order valence-corrected chi connectivity index (χ4v) is 2.08. The average molecular weight is 264 g/mol. The largest absolute Gasteiger partial charge is 0.452 e. The summed E-state index contributed by atoms with van der Waals surface area (Å²) in [6, 6.07) is 9.42. The van der Waals surface area contributed by atoms with Gasteiger partial charge in [0, 0.05) is 0 Å². The molecule has 1 aromatic heterocycles. The standard InChI is InChI=1S/C14H14ClNO2/c1-9-5-3-4-6-11(9)10(2)16-14(17)12-7-8-18-13(12)15/h3-8,10H,1-2H3,(H,16,17). The van der Waals surface area contributed by atoms with Crippen LogP contribution in [0.4, 0.5) is 0 Å². The van der Waals surface area contributed by atoms with Crippen LogP contribution in [0.15, 0.2) is 41.0 Å². The number of hydrogen-bond acceptors (Lipinski definition) is 2. The van der Waals surface area contributed by atoms with Gasteiger partial charge in [-0.15, -0.1) is 0 Å². The fourth-order valence-electron chi connectivity index (χ4n) is 1.88. The molecule has 18 heavy (non-hydrogen) atoms. The number of furan rings is 1. The number of carbonyl (C=O) groups is 1. The zero-order valence-electron chi connectivity index (χ0n) is 10.2. The van der Waals surface area contributed by atoms with Crippen LogP contribution in [0.5, 0.6) is 0 Å². The highest BCUT2D eigenvalue weighted by molar-refractivity contribution is 6.32. The molecule has 0 spiro atoms. The molecule has 1 N–H and O–H groups in total. The summed E-state index contributed by atoms with van der Waals surface area (Å²) in [5.41, 5.74) is 2.59. The second kappa shape index (κ2) is 5.27. The lowest BCUT2D eigenvalue weighted by Crippen LogP contribution is -2.26. The van der Waals surface area contributed by atoms with Gasteiger partial charge in [0.15, 0.2) is 0 Å². The molecule has 0 aliphatic rings. The Hall–Kier alpha value is -1.74. The molecule has 0 fully saturated rings. The van der Waals surface area contributed by atoms with Crippen molar-refractivity contribution < 1.29 is 9.21 Å². The molecule has 1 heterocycles. The van der Waals surface area contributed by atoms with Gasteiger partial charge < -0.3 is 9.73 Å². The van der Waals surface area contributed by atoms with Gasteiger partial charge in [-0.1, -0.05) is 24.3 Å². The van der Waals surface area contributed by atoms with E-state index in [0.717, 1.165) is 11.1 Å². The van der Waals surface area contributed by atoms with Crippen molar-refractivity contribution in [2.45, 2.75) is 19.9 Å². The molecule has 1 unspecified atom stereocenters. The van der Waals surface area contributed by atoms with Crippen molar-refractivity contribution in [2.24, 2.45) is 0 Å². The Balaban J connectivity index is 2.13. The minimum Gasteiger partial charge on any atom is -0.452 e. The highest BCUT2D eigenvalue weighted by Gasteiger charge is 2.16. The summed E-state index contributed by atoms with van der Waals surface area (Å²) in [6.45, 7) is 3.96. The summed E-state index contributed by atoms with van der Waals surface area (Å²) in [5.74, 6) is -0.232.